The fourth-order valence-electron chi connectivity index (χ4n) is 3.40. The Morgan fingerprint density at radius 3 is 2.37 bits per heavy atom. The van der Waals surface area contributed by atoms with Crippen LogP contribution in [0.2, 0.25) is 0 Å². The second-order valence-electron chi connectivity index (χ2n) is 6.50. The van der Waals surface area contributed by atoms with E-state index >= 15 is 0 Å². The van der Waals surface area contributed by atoms with Crippen LogP contribution >= 0.6 is 0 Å². The Morgan fingerprint density at radius 1 is 1.00 bits per heavy atom. The normalized spacial score (nSPS) is 14.3. The van der Waals surface area contributed by atoms with Crippen molar-refractivity contribution in [3.05, 3.63) is 66.4 Å². The highest BCUT2D eigenvalue weighted by Gasteiger charge is 2.25. The molecule has 4 rings (SSSR count). The maximum absolute atomic E-state index is 13.0. The molecule has 6 nitrogen and oxygen atoms in total. The first-order valence-electron chi connectivity index (χ1n) is 9.03. The van der Waals surface area contributed by atoms with Gasteiger partial charge in [-0.15, -0.1) is 0 Å². The Morgan fingerprint density at radius 2 is 1.70 bits per heavy atom. The van der Waals surface area contributed by atoms with Crippen LogP contribution in [-0.4, -0.2) is 54.3 Å². The lowest BCUT2D eigenvalue weighted by Gasteiger charge is -2.36. The van der Waals surface area contributed by atoms with Gasteiger partial charge >= 0.3 is 0 Å². The summed E-state index contributed by atoms with van der Waals surface area (Å²) < 4.78 is 5.21. The van der Waals surface area contributed by atoms with Gasteiger partial charge in [-0.3, -0.25) is 9.89 Å². The first kappa shape index (κ1) is 17.1. The molecule has 1 aliphatic heterocycles. The number of carbonyl (C=O) groups excluding carboxylic acids is 1. The first-order chi connectivity index (χ1) is 13.3. The zero-order valence-electron chi connectivity index (χ0n) is 15.3. The summed E-state index contributed by atoms with van der Waals surface area (Å²) in [6, 6.07) is 17.9. The number of rotatable bonds is 4. The molecule has 0 radical (unpaired) electrons. The number of hydrogen-bond acceptors (Lipinski definition) is 4. The van der Waals surface area contributed by atoms with E-state index in [4.69, 9.17) is 4.74 Å². The number of hydrogen-bond donors (Lipinski definition) is 1. The van der Waals surface area contributed by atoms with Gasteiger partial charge in [0.15, 0.2) is 0 Å². The number of carbonyl (C=O) groups is 1. The summed E-state index contributed by atoms with van der Waals surface area (Å²) in [6.07, 6.45) is 1.63. The maximum atomic E-state index is 13.0. The number of aromatic nitrogens is 2. The molecule has 2 aromatic carbocycles. The molecule has 1 aromatic heterocycles. The zero-order valence-corrected chi connectivity index (χ0v) is 15.3. The number of methoxy groups -OCH3 is 1. The monoisotopic (exact) mass is 362 g/mol. The quantitative estimate of drug-likeness (QED) is 0.775. The molecule has 1 N–H and O–H groups in total. The summed E-state index contributed by atoms with van der Waals surface area (Å²) in [4.78, 5) is 17.2. The summed E-state index contributed by atoms with van der Waals surface area (Å²) in [5, 5.41) is 7.07. The van der Waals surface area contributed by atoms with Gasteiger partial charge in [-0.1, -0.05) is 30.3 Å². The van der Waals surface area contributed by atoms with Gasteiger partial charge in [-0.25, -0.2) is 0 Å². The third kappa shape index (κ3) is 3.51. The summed E-state index contributed by atoms with van der Waals surface area (Å²) in [7, 11) is 1.67. The van der Waals surface area contributed by atoms with Crippen LogP contribution in [-0.2, 0) is 0 Å². The molecule has 0 bridgehead atoms. The summed E-state index contributed by atoms with van der Waals surface area (Å²) in [6.45, 7) is 2.97. The molecule has 3 aromatic rings. The van der Waals surface area contributed by atoms with Gasteiger partial charge in [0.1, 0.15) is 5.75 Å². The van der Waals surface area contributed by atoms with Gasteiger partial charge in [0.25, 0.3) is 5.91 Å². The van der Waals surface area contributed by atoms with Crippen molar-refractivity contribution < 1.29 is 9.53 Å². The van der Waals surface area contributed by atoms with Crippen molar-refractivity contribution in [3.8, 4) is 17.0 Å². The molecule has 0 aliphatic carbocycles. The van der Waals surface area contributed by atoms with Crippen LogP contribution in [0.15, 0.2) is 60.8 Å². The molecule has 0 atom stereocenters. The van der Waals surface area contributed by atoms with Crippen molar-refractivity contribution in [2.75, 3.05) is 38.2 Å². The summed E-state index contributed by atoms with van der Waals surface area (Å²) >= 11 is 0. The molecule has 1 aliphatic rings. The Labute approximate surface area is 158 Å². The van der Waals surface area contributed by atoms with E-state index in [1.165, 1.54) is 0 Å². The second-order valence-corrected chi connectivity index (χ2v) is 6.50. The molecule has 1 fully saturated rings. The molecule has 2 heterocycles. The molecule has 1 saturated heterocycles. The van der Waals surface area contributed by atoms with Crippen LogP contribution in [0, 0.1) is 0 Å². The molecule has 0 spiro atoms. The minimum Gasteiger partial charge on any atom is -0.497 e. The van der Waals surface area contributed by atoms with Crippen molar-refractivity contribution in [1.82, 2.24) is 15.1 Å². The van der Waals surface area contributed by atoms with E-state index < -0.39 is 0 Å². The molecule has 138 valence electrons. The highest BCUT2D eigenvalue weighted by molar-refractivity contribution is 5.99. The molecule has 0 unspecified atom stereocenters. The lowest BCUT2D eigenvalue weighted by atomic mass is 10.1. The Balaban J connectivity index is 1.44. The van der Waals surface area contributed by atoms with Crippen LogP contribution in [0.3, 0.4) is 0 Å². The topological polar surface area (TPSA) is 61.5 Å². The molecule has 1 amide bonds. The predicted octanol–water partition coefficient (Wildman–Crippen LogP) is 3.05. The number of piperazine rings is 1. The van der Waals surface area contributed by atoms with Gasteiger partial charge < -0.3 is 14.5 Å². The summed E-state index contributed by atoms with van der Waals surface area (Å²) in [5.74, 6) is 0.873. The van der Waals surface area contributed by atoms with Crippen LogP contribution in [0.25, 0.3) is 11.3 Å². The highest BCUT2D eigenvalue weighted by atomic mass is 16.5. The fraction of sp³-hybridized carbons (Fsp3) is 0.238. The van der Waals surface area contributed by atoms with Gasteiger partial charge in [-0.2, -0.15) is 5.10 Å². The van der Waals surface area contributed by atoms with E-state index in [0.717, 1.165) is 35.8 Å². The largest absolute Gasteiger partial charge is 0.497 e. The fourth-order valence-corrected chi connectivity index (χ4v) is 3.40. The van der Waals surface area contributed by atoms with Crippen molar-refractivity contribution in [2.45, 2.75) is 0 Å². The number of anilines is 1. The standard InChI is InChI=1S/C21H22N4O2/c1-27-18-9-7-17(8-10-18)24-11-13-25(14-12-24)21(26)19-15-22-23-20(19)16-5-3-2-4-6-16/h2-10,15H,11-14H2,1H3,(H,22,23). The van der Waals surface area contributed by atoms with E-state index in [0.29, 0.717) is 18.7 Å². The van der Waals surface area contributed by atoms with Crippen molar-refractivity contribution in [2.24, 2.45) is 0 Å². The zero-order chi connectivity index (χ0) is 18.6. The third-order valence-electron chi connectivity index (χ3n) is 4.94. The van der Waals surface area contributed by atoms with E-state index in [-0.39, 0.29) is 5.91 Å². The minimum atomic E-state index is 0.0250. The van der Waals surface area contributed by atoms with Crippen molar-refractivity contribution in [3.63, 3.8) is 0 Å². The van der Waals surface area contributed by atoms with Gasteiger partial charge in [0.2, 0.25) is 0 Å². The van der Waals surface area contributed by atoms with Crippen LogP contribution in [0.5, 0.6) is 5.75 Å². The van der Waals surface area contributed by atoms with Crippen molar-refractivity contribution >= 4 is 11.6 Å². The average Bonchev–Trinajstić information content (AvgIpc) is 3.24. The van der Waals surface area contributed by atoms with E-state index in [9.17, 15) is 4.79 Å². The average molecular weight is 362 g/mol. The number of benzene rings is 2. The molecule has 27 heavy (non-hydrogen) atoms. The Hall–Kier alpha value is -3.28. The minimum absolute atomic E-state index is 0.0250. The highest BCUT2D eigenvalue weighted by Crippen LogP contribution is 2.24. The van der Waals surface area contributed by atoms with E-state index in [1.54, 1.807) is 13.3 Å². The van der Waals surface area contributed by atoms with Crippen LogP contribution in [0.1, 0.15) is 10.4 Å². The predicted molar refractivity (Wildman–Crippen MR) is 105 cm³/mol. The van der Waals surface area contributed by atoms with Gasteiger partial charge in [0, 0.05) is 37.4 Å². The Kier molecular flexibility index (Phi) is 4.78. The van der Waals surface area contributed by atoms with Crippen molar-refractivity contribution in [1.29, 1.82) is 0 Å². The lowest BCUT2D eigenvalue weighted by molar-refractivity contribution is 0.0747. The maximum Gasteiger partial charge on any atom is 0.257 e. The van der Waals surface area contributed by atoms with Crippen LogP contribution in [0.4, 0.5) is 5.69 Å². The number of nitrogens with one attached hydrogen (secondary N) is 1. The molecule has 0 saturated carbocycles. The van der Waals surface area contributed by atoms with Gasteiger partial charge in [-0.05, 0) is 24.3 Å². The van der Waals surface area contributed by atoms with E-state index in [2.05, 4.69) is 27.2 Å². The van der Waals surface area contributed by atoms with Crippen LogP contribution < -0.4 is 9.64 Å². The number of ether oxygens (including phenoxy) is 1. The van der Waals surface area contributed by atoms with E-state index in [1.807, 2.05) is 47.4 Å². The SMILES string of the molecule is COc1ccc(N2CCN(C(=O)c3cn[nH]c3-c3ccccc3)CC2)cc1. The van der Waals surface area contributed by atoms with Gasteiger partial charge in [0.05, 0.1) is 24.6 Å². The first-order valence-corrected chi connectivity index (χ1v) is 9.03. The number of nitrogens with zero attached hydrogens (tertiary/aromatic N) is 3. The molecule has 6 heteroatoms. The number of H-pyrrole nitrogens is 1. The summed E-state index contributed by atoms with van der Waals surface area (Å²) in [5.41, 5.74) is 3.52. The second kappa shape index (κ2) is 7.53. The number of aromatic amines is 1. The molecular formula is C21H22N4O2. The third-order valence-corrected chi connectivity index (χ3v) is 4.94. The lowest BCUT2D eigenvalue weighted by Crippen LogP contribution is -2.48. The smallest absolute Gasteiger partial charge is 0.257 e. The molecular weight excluding hydrogens is 340 g/mol. The number of amides is 1. The Bertz CT molecular complexity index is 897.